The highest BCUT2D eigenvalue weighted by molar-refractivity contribution is 6.03. The molecule has 1 fully saturated rings. The summed E-state index contributed by atoms with van der Waals surface area (Å²) in [5.41, 5.74) is 2.87. The van der Waals surface area contributed by atoms with Crippen LogP contribution in [-0.4, -0.2) is 35.6 Å². The van der Waals surface area contributed by atoms with Crippen LogP contribution in [-0.2, 0) is 9.59 Å². The fraction of sp³-hybridized carbons (Fsp3) is 0.154. The van der Waals surface area contributed by atoms with Gasteiger partial charge in [-0.25, -0.2) is 0 Å². The van der Waals surface area contributed by atoms with E-state index >= 15 is 0 Å². The number of carbonyl (C=O) groups is 2. The van der Waals surface area contributed by atoms with Crippen LogP contribution in [0, 0.1) is 5.92 Å². The number of amides is 2. The monoisotopic (exact) mass is 454 g/mol. The van der Waals surface area contributed by atoms with E-state index in [4.69, 9.17) is 9.26 Å². The van der Waals surface area contributed by atoms with Crippen molar-refractivity contribution in [3.8, 4) is 28.6 Å². The van der Waals surface area contributed by atoms with Gasteiger partial charge < -0.3 is 19.5 Å². The first-order chi connectivity index (χ1) is 16.6. The molecule has 0 radical (unpaired) electrons. The molecule has 1 N–H and O–H groups in total. The molecular formula is C26H22N4O4. The van der Waals surface area contributed by atoms with E-state index in [9.17, 15) is 9.59 Å². The van der Waals surface area contributed by atoms with E-state index in [2.05, 4.69) is 15.5 Å². The van der Waals surface area contributed by atoms with Gasteiger partial charge in [0.2, 0.25) is 17.6 Å². The summed E-state index contributed by atoms with van der Waals surface area (Å²) >= 11 is 0. The molecule has 2 amide bonds. The van der Waals surface area contributed by atoms with Gasteiger partial charge in [0, 0.05) is 35.5 Å². The fourth-order valence-electron chi connectivity index (χ4n) is 3.91. The molecule has 8 nitrogen and oxygen atoms in total. The lowest BCUT2D eigenvalue weighted by atomic mass is 10.1. The van der Waals surface area contributed by atoms with Gasteiger partial charge in [0.25, 0.3) is 5.89 Å². The van der Waals surface area contributed by atoms with Crippen LogP contribution in [0.5, 0.6) is 5.75 Å². The average Bonchev–Trinajstić information content (AvgIpc) is 3.52. The predicted octanol–water partition coefficient (Wildman–Crippen LogP) is 4.40. The number of carbonyl (C=O) groups excluding carboxylic acids is 2. The molecule has 5 rings (SSSR count). The van der Waals surface area contributed by atoms with Crippen molar-refractivity contribution in [2.45, 2.75) is 6.42 Å². The quantitative estimate of drug-likeness (QED) is 0.464. The summed E-state index contributed by atoms with van der Waals surface area (Å²) < 4.78 is 10.6. The minimum atomic E-state index is -0.429. The van der Waals surface area contributed by atoms with Gasteiger partial charge in [-0.2, -0.15) is 4.98 Å². The molecule has 0 spiro atoms. The van der Waals surface area contributed by atoms with Crippen molar-refractivity contribution in [3.05, 3.63) is 78.9 Å². The van der Waals surface area contributed by atoms with Gasteiger partial charge in [-0.1, -0.05) is 29.4 Å². The number of nitrogens with zero attached hydrogens (tertiary/aromatic N) is 3. The maximum Gasteiger partial charge on any atom is 0.258 e. The van der Waals surface area contributed by atoms with Crippen molar-refractivity contribution in [1.82, 2.24) is 10.1 Å². The molecule has 8 heteroatoms. The molecule has 0 bridgehead atoms. The third kappa shape index (κ3) is 4.38. The van der Waals surface area contributed by atoms with Gasteiger partial charge >= 0.3 is 0 Å². The fourth-order valence-corrected chi connectivity index (χ4v) is 3.91. The Hall–Kier alpha value is -4.46. The van der Waals surface area contributed by atoms with Crippen LogP contribution in [0.25, 0.3) is 22.8 Å². The average molecular weight is 454 g/mol. The molecule has 4 aromatic rings. The van der Waals surface area contributed by atoms with Crippen molar-refractivity contribution in [2.75, 3.05) is 23.9 Å². The van der Waals surface area contributed by atoms with Crippen LogP contribution in [0.3, 0.4) is 0 Å². The molecule has 1 atom stereocenters. The first-order valence-electron chi connectivity index (χ1n) is 10.9. The van der Waals surface area contributed by atoms with Gasteiger partial charge in [-0.15, -0.1) is 0 Å². The number of methoxy groups -OCH3 is 1. The minimum absolute atomic E-state index is 0.0583. The molecule has 1 saturated heterocycles. The Labute approximate surface area is 196 Å². The Bertz CT molecular complexity index is 1320. The van der Waals surface area contributed by atoms with E-state index < -0.39 is 5.92 Å². The van der Waals surface area contributed by atoms with E-state index in [0.717, 1.165) is 17.0 Å². The lowest BCUT2D eigenvalue weighted by molar-refractivity contribution is -0.122. The first kappa shape index (κ1) is 21.4. The number of hydrogen-bond donors (Lipinski definition) is 1. The van der Waals surface area contributed by atoms with E-state index in [1.807, 2.05) is 60.7 Å². The number of anilines is 2. The summed E-state index contributed by atoms with van der Waals surface area (Å²) in [4.78, 5) is 31.4. The number of benzene rings is 3. The Kier molecular flexibility index (Phi) is 5.78. The van der Waals surface area contributed by atoms with Crippen molar-refractivity contribution in [2.24, 2.45) is 5.92 Å². The molecule has 1 aliphatic heterocycles. The summed E-state index contributed by atoms with van der Waals surface area (Å²) in [6.45, 7) is 0.350. The Morgan fingerprint density at radius 3 is 2.59 bits per heavy atom. The Morgan fingerprint density at radius 2 is 1.82 bits per heavy atom. The smallest absolute Gasteiger partial charge is 0.258 e. The molecule has 170 valence electrons. The normalized spacial score (nSPS) is 15.4. The largest absolute Gasteiger partial charge is 0.497 e. The highest BCUT2D eigenvalue weighted by atomic mass is 16.5. The summed E-state index contributed by atoms with van der Waals surface area (Å²) in [5.74, 6) is 0.851. The zero-order valence-corrected chi connectivity index (χ0v) is 18.5. The standard InChI is InChI=1S/C26H22N4O4/c1-33-22-12-10-17(11-13-22)24-28-26(34-29-24)18-6-5-7-20(14-18)27-25(32)19-15-23(31)30(16-19)21-8-3-2-4-9-21/h2-14,19H,15-16H2,1H3,(H,27,32)/t19-/m0/s1. The summed E-state index contributed by atoms with van der Waals surface area (Å²) in [5, 5.41) is 6.98. The second-order valence-electron chi connectivity index (χ2n) is 7.96. The molecule has 0 saturated carbocycles. The number of aromatic nitrogens is 2. The second-order valence-corrected chi connectivity index (χ2v) is 7.96. The second kappa shape index (κ2) is 9.19. The third-order valence-electron chi connectivity index (χ3n) is 5.71. The predicted molar refractivity (Wildman–Crippen MR) is 127 cm³/mol. The van der Waals surface area contributed by atoms with Gasteiger partial charge in [0.05, 0.1) is 13.0 Å². The van der Waals surface area contributed by atoms with E-state index in [1.54, 1.807) is 30.2 Å². The number of nitrogens with one attached hydrogen (secondary N) is 1. The summed E-state index contributed by atoms with van der Waals surface area (Å²) in [6, 6.07) is 23.9. The van der Waals surface area contributed by atoms with Gasteiger partial charge in [-0.3, -0.25) is 9.59 Å². The molecule has 2 heterocycles. The Balaban J connectivity index is 1.28. The van der Waals surface area contributed by atoms with Gasteiger partial charge in [-0.05, 0) is 54.6 Å². The van der Waals surface area contributed by atoms with Crippen LogP contribution >= 0.6 is 0 Å². The molecule has 34 heavy (non-hydrogen) atoms. The van der Waals surface area contributed by atoms with Crippen LogP contribution in [0.15, 0.2) is 83.4 Å². The summed E-state index contributed by atoms with van der Waals surface area (Å²) in [6.07, 6.45) is 0.176. The van der Waals surface area contributed by atoms with Crippen LogP contribution in [0.1, 0.15) is 6.42 Å². The zero-order valence-electron chi connectivity index (χ0n) is 18.5. The zero-order chi connectivity index (χ0) is 23.5. The molecule has 1 aliphatic rings. The first-order valence-corrected chi connectivity index (χ1v) is 10.9. The topological polar surface area (TPSA) is 97.6 Å². The van der Waals surface area contributed by atoms with Crippen LogP contribution < -0.4 is 15.0 Å². The molecule has 1 aromatic heterocycles. The number of hydrogen-bond acceptors (Lipinski definition) is 6. The maximum absolute atomic E-state index is 12.9. The number of rotatable bonds is 6. The Morgan fingerprint density at radius 1 is 1.03 bits per heavy atom. The van der Waals surface area contributed by atoms with Crippen LogP contribution in [0.4, 0.5) is 11.4 Å². The van der Waals surface area contributed by atoms with E-state index in [0.29, 0.717) is 29.5 Å². The van der Waals surface area contributed by atoms with Crippen molar-refractivity contribution >= 4 is 23.2 Å². The molecular weight excluding hydrogens is 432 g/mol. The maximum atomic E-state index is 12.9. The number of para-hydroxylation sites is 1. The molecule has 3 aromatic carbocycles. The van der Waals surface area contributed by atoms with Gasteiger partial charge in [0.15, 0.2) is 0 Å². The summed E-state index contributed by atoms with van der Waals surface area (Å²) in [7, 11) is 1.61. The van der Waals surface area contributed by atoms with Crippen molar-refractivity contribution in [3.63, 3.8) is 0 Å². The third-order valence-corrected chi connectivity index (χ3v) is 5.71. The highest BCUT2D eigenvalue weighted by Gasteiger charge is 2.35. The number of ether oxygens (including phenoxy) is 1. The van der Waals surface area contributed by atoms with Crippen molar-refractivity contribution < 1.29 is 18.8 Å². The van der Waals surface area contributed by atoms with Crippen LogP contribution in [0.2, 0.25) is 0 Å². The van der Waals surface area contributed by atoms with E-state index in [-0.39, 0.29) is 18.2 Å². The highest BCUT2D eigenvalue weighted by Crippen LogP contribution is 2.28. The van der Waals surface area contributed by atoms with E-state index in [1.165, 1.54) is 0 Å². The minimum Gasteiger partial charge on any atom is -0.497 e. The van der Waals surface area contributed by atoms with Crippen molar-refractivity contribution in [1.29, 1.82) is 0 Å². The lowest BCUT2D eigenvalue weighted by Gasteiger charge is -2.16. The SMILES string of the molecule is COc1ccc(-c2noc(-c3cccc(NC(=O)[C@H]4CC(=O)N(c5ccccc5)C4)c3)n2)cc1. The molecule has 0 aliphatic carbocycles. The lowest BCUT2D eigenvalue weighted by Crippen LogP contribution is -2.28. The van der Waals surface area contributed by atoms with Gasteiger partial charge in [0.1, 0.15) is 5.75 Å². The molecule has 0 unspecified atom stereocenters.